The smallest absolute Gasteiger partial charge is 0.255 e. The highest BCUT2D eigenvalue weighted by atomic mass is 16.5. The maximum Gasteiger partial charge on any atom is 0.255 e. The van der Waals surface area contributed by atoms with Gasteiger partial charge < -0.3 is 30.7 Å². The number of hydrogen-bond acceptors (Lipinski definition) is 6. The van der Waals surface area contributed by atoms with Crippen molar-refractivity contribution in [3.8, 4) is 17.2 Å². The lowest BCUT2D eigenvalue weighted by molar-refractivity contribution is -0.134. The number of piperazine rings is 1. The molecule has 9 nitrogen and oxygen atoms in total. The van der Waals surface area contributed by atoms with Crippen LogP contribution in [-0.2, 0) is 33.6 Å². The van der Waals surface area contributed by atoms with Crippen LogP contribution in [0.5, 0.6) is 17.2 Å². The minimum absolute atomic E-state index is 0.0376. The molecule has 0 aromatic heterocycles. The number of ether oxygens (including phenoxy) is 2. The fraction of sp³-hybridized carbons (Fsp3) is 0.344. The van der Waals surface area contributed by atoms with Gasteiger partial charge in [0.15, 0.2) is 6.61 Å². The average Bonchev–Trinajstić information content (AvgIpc) is 2.97. The number of nitrogens with one attached hydrogen (secondary N) is 2. The van der Waals surface area contributed by atoms with Gasteiger partial charge >= 0.3 is 0 Å². The number of amides is 3. The van der Waals surface area contributed by atoms with Crippen molar-refractivity contribution < 1.29 is 23.9 Å². The second kappa shape index (κ2) is 14.9. The van der Waals surface area contributed by atoms with E-state index >= 15 is 0 Å². The molecule has 0 bridgehead atoms. The average molecular weight is 559 g/mol. The highest BCUT2D eigenvalue weighted by Crippen LogP contribution is 2.29. The number of hydrogen-bond donors (Lipinski definition) is 3. The van der Waals surface area contributed by atoms with Crippen molar-refractivity contribution in [1.82, 2.24) is 15.5 Å². The second-order valence-corrected chi connectivity index (χ2v) is 10.1. The summed E-state index contributed by atoms with van der Waals surface area (Å²) in [6, 6.07) is 23.2. The van der Waals surface area contributed by atoms with Gasteiger partial charge in [-0.05, 0) is 60.2 Å². The Morgan fingerprint density at radius 3 is 2.27 bits per heavy atom. The number of benzene rings is 3. The normalized spacial score (nSPS) is 14.8. The molecule has 1 saturated heterocycles. The van der Waals surface area contributed by atoms with E-state index in [1.807, 2.05) is 77.7 Å². The molecule has 216 valence electrons. The monoisotopic (exact) mass is 558 g/mol. The summed E-state index contributed by atoms with van der Waals surface area (Å²) < 4.78 is 11.7. The lowest BCUT2D eigenvalue weighted by atomic mass is 10.0. The predicted octanol–water partition coefficient (Wildman–Crippen LogP) is 3.00. The van der Waals surface area contributed by atoms with Gasteiger partial charge in [0.25, 0.3) is 5.91 Å². The molecule has 4 N–H and O–H groups in total. The Balaban J connectivity index is 1.37. The summed E-state index contributed by atoms with van der Waals surface area (Å²) >= 11 is 0. The lowest BCUT2D eigenvalue weighted by Crippen LogP contribution is -2.54. The van der Waals surface area contributed by atoms with Gasteiger partial charge in [-0.3, -0.25) is 14.4 Å². The van der Waals surface area contributed by atoms with E-state index in [-0.39, 0.29) is 24.5 Å². The molecule has 1 aliphatic heterocycles. The van der Waals surface area contributed by atoms with E-state index in [1.54, 1.807) is 0 Å². The van der Waals surface area contributed by atoms with Gasteiger partial charge in [-0.1, -0.05) is 48.5 Å². The first-order valence-electron chi connectivity index (χ1n) is 14.0. The van der Waals surface area contributed by atoms with E-state index in [0.29, 0.717) is 44.5 Å². The fourth-order valence-electron chi connectivity index (χ4n) is 4.92. The van der Waals surface area contributed by atoms with Gasteiger partial charge in [-0.2, -0.15) is 0 Å². The molecule has 1 fully saturated rings. The van der Waals surface area contributed by atoms with Crippen LogP contribution < -0.4 is 25.8 Å². The predicted molar refractivity (Wildman–Crippen MR) is 157 cm³/mol. The zero-order valence-corrected chi connectivity index (χ0v) is 23.4. The van der Waals surface area contributed by atoms with E-state index in [9.17, 15) is 14.4 Å². The molecule has 0 saturated carbocycles. The van der Waals surface area contributed by atoms with Crippen LogP contribution in [-0.4, -0.2) is 61.4 Å². The number of rotatable bonds is 13. The molecule has 3 amide bonds. The molecule has 0 spiro atoms. The summed E-state index contributed by atoms with van der Waals surface area (Å²) in [6.07, 6.45) is 2.31. The minimum Gasteiger partial charge on any atom is -0.484 e. The molecule has 0 radical (unpaired) electrons. The van der Waals surface area contributed by atoms with Crippen molar-refractivity contribution in [3.05, 3.63) is 89.5 Å². The van der Waals surface area contributed by atoms with Gasteiger partial charge in [0, 0.05) is 45.6 Å². The van der Waals surface area contributed by atoms with Crippen LogP contribution in [0.1, 0.15) is 30.0 Å². The first-order chi connectivity index (χ1) is 19.9. The van der Waals surface area contributed by atoms with Gasteiger partial charge in [0.2, 0.25) is 11.8 Å². The summed E-state index contributed by atoms with van der Waals surface area (Å²) in [5.74, 6) is 1.58. The Kier molecular flexibility index (Phi) is 10.7. The third-order valence-electron chi connectivity index (χ3n) is 6.99. The van der Waals surface area contributed by atoms with Crippen LogP contribution in [0.4, 0.5) is 0 Å². The number of aryl methyl sites for hydroxylation is 1. The Morgan fingerprint density at radius 2 is 1.61 bits per heavy atom. The third-order valence-corrected chi connectivity index (χ3v) is 6.99. The number of nitrogens with zero attached hydrogens (tertiary/aromatic N) is 1. The fourth-order valence-corrected chi connectivity index (χ4v) is 4.92. The second-order valence-electron chi connectivity index (χ2n) is 10.1. The van der Waals surface area contributed by atoms with E-state index in [4.69, 9.17) is 15.2 Å². The van der Waals surface area contributed by atoms with E-state index in [2.05, 4.69) is 10.6 Å². The molecule has 1 heterocycles. The van der Waals surface area contributed by atoms with Crippen molar-refractivity contribution in [2.75, 3.05) is 32.8 Å². The van der Waals surface area contributed by atoms with Crippen LogP contribution in [0.25, 0.3) is 0 Å². The number of para-hydroxylation sites is 2. The maximum atomic E-state index is 13.4. The number of primary amides is 1. The zero-order valence-electron chi connectivity index (χ0n) is 23.4. The Hall–Kier alpha value is -4.37. The van der Waals surface area contributed by atoms with Gasteiger partial charge in [-0.15, -0.1) is 0 Å². The minimum atomic E-state index is -0.519. The molecular formula is C32H38N4O5. The van der Waals surface area contributed by atoms with E-state index < -0.39 is 5.91 Å². The number of carbonyl (C=O) groups is 3. The van der Waals surface area contributed by atoms with Crippen LogP contribution in [0, 0.1) is 0 Å². The van der Waals surface area contributed by atoms with Gasteiger partial charge in [-0.25, -0.2) is 0 Å². The summed E-state index contributed by atoms with van der Waals surface area (Å²) in [5, 5.41) is 6.24. The topological polar surface area (TPSA) is 123 Å². The molecule has 0 aliphatic carbocycles. The molecule has 41 heavy (non-hydrogen) atoms. The van der Waals surface area contributed by atoms with E-state index in [0.717, 1.165) is 41.3 Å². The molecule has 1 atom stereocenters. The number of nitrogens with two attached hydrogens (primary N) is 1. The first kappa shape index (κ1) is 29.6. The van der Waals surface area contributed by atoms with Crippen LogP contribution in [0.3, 0.4) is 0 Å². The van der Waals surface area contributed by atoms with Gasteiger partial charge in [0.05, 0.1) is 0 Å². The quantitative estimate of drug-likeness (QED) is 0.297. The van der Waals surface area contributed by atoms with Crippen molar-refractivity contribution in [3.63, 3.8) is 0 Å². The molecule has 4 rings (SSSR count). The molecular weight excluding hydrogens is 520 g/mol. The van der Waals surface area contributed by atoms with Crippen molar-refractivity contribution in [1.29, 1.82) is 0 Å². The maximum absolute atomic E-state index is 13.4. The zero-order chi connectivity index (χ0) is 29.0. The first-order valence-corrected chi connectivity index (χ1v) is 14.0. The highest BCUT2D eigenvalue weighted by Gasteiger charge is 2.26. The number of carbonyl (C=O) groups excluding carboxylic acids is 3. The standard InChI is InChI=1S/C32H38N4O5/c1-23(37)35-17-16-26-7-3-5-9-30(26)41-29-8-4-2-6-25(29)12-15-32(39)36-19-18-34-21-27(36)20-24-10-13-28(14-11-24)40-22-31(33)38/h2-11,13-14,27,34H,12,15-22H2,1H3,(H2,33,38)(H,35,37)/t27-/m1/s1. The van der Waals surface area contributed by atoms with Gasteiger partial charge in [0.1, 0.15) is 17.2 Å². The molecule has 9 heteroatoms. The largest absolute Gasteiger partial charge is 0.484 e. The summed E-state index contributed by atoms with van der Waals surface area (Å²) in [7, 11) is 0. The van der Waals surface area contributed by atoms with E-state index in [1.165, 1.54) is 6.92 Å². The summed E-state index contributed by atoms with van der Waals surface area (Å²) in [5.41, 5.74) is 8.20. The van der Waals surface area contributed by atoms with Crippen LogP contribution in [0.2, 0.25) is 0 Å². The molecule has 3 aromatic carbocycles. The SMILES string of the molecule is CC(=O)NCCc1ccccc1Oc1ccccc1CCC(=O)N1CCNC[C@H]1Cc1ccc(OCC(N)=O)cc1. The highest BCUT2D eigenvalue weighted by molar-refractivity contribution is 5.77. The Bertz CT molecular complexity index is 1330. The molecule has 1 aliphatic rings. The molecule has 3 aromatic rings. The lowest BCUT2D eigenvalue weighted by Gasteiger charge is -2.36. The van der Waals surface area contributed by atoms with Crippen molar-refractivity contribution in [2.45, 2.75) is 38.6 Å². The third kappa shape index (κ3) is 9.08. The van der Waals surface area contributed by atoms with Crippen LogP contribution >= 0.6 is 0 Å². The Labute approximate surface area is 241 Å². The van der Waals surface area contributed by atoms with Crippen LogP contribution in [0.15, 0.2) is 72.8 Å². The Morgan fingerprint density at radius 1 is 0.951 bits per heavy atom. The molecule has 0 unspecified atom stereocenters. The van der Waals surface area contributed by atoms with Crippen molar-refractivity contribution >= 4 is 17.7 Å². The van der Waals surface area contributed by atoms with Crippen molar-refractivity contribution in [2.24, 2.45) is 5.73 Å². The summed E-state index contributed by atoms with van der Waals surface area (Å²) in [4.78, 5) is 37.6. The summed E-state index contributed by atoms with van der Waals surface area (Å²) in [6.45, 7) is 4.02.